The summed E-state index contributed by atoms with van der Waals surface area (Å²) in [5.74, 6) is 0.489. The highest BCUT2D eigenvalue weighted by molar-refractivity contribution is 6.01. The van der Waals surface area contributed by atoms with Crippen LogP contribution in [-0.2, 0) is 15.7 Å². The molecule has 6 heterocycles. The minimum Gasteiger partial charge on any atom is -0.377 e. The molecule has 3 fully saturated rings. The number of fused-ring (bicyclic) bond motifs is 1. The Morgan fingerprint density at radius 3 is 2.70 bits per heavy atom. The molecule has 0 saturated carbocycles. The van der Waals surface area contributed by atoms with Gasteiger partial charge in [0, 0.05) is 31.5 Å². The zero-order valence-corrected chi connectivity index (χ0v) is 17.7. The van der Waals surface area contributed by atoms with Crippen LogP contribution in [0.25, 0.3) is 11.2 Å². The second-order valence-corrected chi connectivity index (χ2v) is 8.86. The molecule has 3 saturated heterocycles. The summed E-state index contributed by atoms with van der Waals surface area (Å²) in [5, 5.41) is 4.55. The van der Waals surface area contributed by atoms with E-state index in [4.69, 9.17) is 9.72 Å². The van der Waals surface area contributed by atoms with Crippen molar-refractivity contribution in [2.45, 2.75) is 25.6 Å². The quantitative estimate of drug-likeness (QED) is 0.594. The molecule has 3 aromatic rings. The average molecular weight is 459 g/mol. The van der Waals surface area contributed by atoms with Gasteiger partial charge in [-0.05, 0) is 25.5 Å². The van der Waals surface area contributed by atoms with Crippen molar-refractivity contribution in [3.05, 3.63) is 35.9 Å². The van der Waals surface area contributed by atoms with Crippen molar-refractivity contribution in [2.24, 2.45) is 5.41 Å². The number of hydrogen-bond acceptors (Lipinski definition) is 7. The monoisotopic (exact) mass is 459 g/mol. The first kappa shape index (κ1) is 20.3. The number of aromatic nitrogens is 5. The van der Waals surface area contributed by atoms with Crippen LogP contribution in [0.5, 0.6) is 0 Å². The Labute approximate surface area is 186 Å². The summed E-state index contributed by atoms with van der Waals surface area (Å²) in [7, 11) is 0. The molecule has 172 valence electrons. The zero-order chi connectivity index (χ0) is 23.0. The van der Waals surface area contributed by atoms with Gasteiger partial charge in [0.05, 0.1) is 30.5 Å². The Hall–Kier alpha value is -3.28. The van der Waals surface area contributed by atoms with Crippen LogP contribution in [0.1, 0.15) is 23.9 Å². The van der Waals surface area contributed by atoms with Gasteiger partial charge in [0.1, 0.15) is 23.1 Å². The summed E-state index contributed by atoms with van der Waals surface area (Å²) in [6.07, 6.45) is -1.22. The minimum absolute atomic E-state index is 0.139. The Morgan fingerprint density at radius 1 is 1.21 bits per heavy atom. The third-order valence-electron chi connectivity index (χ3n) is 6.69. The number of carbonyl (C=O) groups excluding carboxylic acids is 1. The fourth-order valence-corrected chi connectivity index (χ4v) is 4.76. The number of amides is 1. The molecule has 33 heavy (non-hydrogen) atoms. The maximum Gasteiger partial charge on any atom is 0.433 e. The third-order valence-corrected chi connectivity index (χ3v) is 6.69. The molecule has 3 aliphatic heterocycles. The van der Waals surface area contributed by atoms with Gasteiger partial charge < -0.3 is 14.5 Å². The Morgan fingerprint density at radius 2 is 2.00 bits per heavy atom. The second-order valence-electron chi connectivity index (χ2n) is 8.86. The number of anilines is 2. The van der Waals surface area contributed by atoms with Gasteiger partial charge in [-0.25, -0.2) is 14.6 Å². The molecule has 1 spiro atoms. The lowest BCUT2D eigenvalue weighted by Crippen LogP contribution is -2.60. The fourth-order valence-electron chi connectivity index (χ4n) is 4.76. The highest BCUT2D eigenvalue weighted by atomic mass is 19.4. The van der Waals surface area contributed by atoms with Crippen LogP contribution >= 0.6 is 0 Å². The van der Waals surface area contributed by atoms with Gasteiger partial charge in [-0.1, -0.05) is 0 Å². The average Bonchev–Trinajstić information content (AvgIpc) is 3.22. The van der Waals surface area contributed by atoms with Crippen LogP contribution in [-0.4, -0.2) is 63.5 Å². The number of alkyl halides is 3. The van der Waals surface area contributed by atoms with Crippen LogP contribution in [0.2, 0.25) is 0 Å². The number of halogens is 3. The van der Waals surface area contributed by atoms with E-state index in [1.54, 1.807) is 6.20 Å². The molecule has 0 aromatic carbocycles. The van der Waals surface area contributed by atoms with Gasteiger partial charge in [0.15, 0.2) is 5.65 Å². The smallest absolute Gasteiger partial charge is 0.377 e. The lowest BCUT2D eigenvalue weighted by atomic mass is 9.78. The maximum atomic E-state index is 13.2. The standard InChI is InChI=1S/C21H20F3N7O2/c1-12-17-18(31(28-12)14-8-33-9-14)27-16(7-26-17)29-10-20(11-29)3-5-30(19(20)32)13-2-4-25-15(6-13)21(22,23)24/h2,4,6-7,14H,3,5,8-11H2,1H3. The number of hydrogen-bond donors (Lipinski definition) is 0. The SMILES string of the molecule is Cc1nn(C2COC2)c2nc(N3CC4(CCN(c5ccnc(C(F)(F)F)c5)C4=O)C3)cnc12. The van der Waals surface area contributed by atoms with E-state index >= 15 is 0 Å². The largest absolute Gasteiger partial charge is 0.433 e. The van der Waals surface area contributed by atoms with Crippen LogP contribution in [0.3, 0.4) is 0 Å². The van der Waals surface area contributed by atoms with Gasteiger partial charge in [0.25, 0.3) is 0 Å². The summed E-state index contributed by atoms with van der Waals surface area (Å²) in [4.78, 5) is 29.3. The number of aryl methyl sites for hydroxylation is 1. The molecule has 0 atom stereocenters. The van der Waals surface area contributed by atoms with Crippen LogP contribution < -0.4 is 9.80 Å². The predicted octanol–water partition coefficient (Wildman–Crippen LogP) is 2.36. The maximum absolute atomic E-state index is 13.2. The van der Waals surface area contributed by atoms with Gasteiger partial charge in [-0.15, -0.1) is 0 Å². The molecule has 3 aliphatic rings. The Balaban J connectivity index is 1.22. The van der Waals surface area contributed by atoms with Crippen LogP contribution in [0.15, 0.2) is 24.5 Å². The van der Waals surface area contributed by atoms with Gasteiger partial charge in [-0.2, -0.15) is 18.3 Å². The summed E-state index contributed by atoms with van der Waals surface area (Å²) in [5.41, 5.74) is 0.818. The molecule has 0 aliphatic carbocycles. The molecule has 0 N–H and O–H groups in total. The normalized spacial score (nSPS) is 20.5. The topological polar surface area (TPSA) is 89.3 Å². The lowest BCUT2D eigenvalue weighted by molar-refractivity contribution is -0.141. The molecule has 3 aromatic heterocycles. The predicted molar refractivity (Wildman–Crippen MR) is 111 cm³/mol. The minimum atomic E-state index is -4.56. The zero-order valence-electron chi connectivity index (χ0n) is 17.7. The van der Waals surface area contributed by atoms with Crippen LogP contribution in [0, 0.1) is 12.3 Å². The third kappa shape index (κ3) is 3.07. The van der Waals surface area contributed by atoms with Gasteiger partial charge >= 0.3 is 6.18 Å². The summed E-state index contributed by atoms with van der Waals surface area (Å²) in [6.45, 7) is 4.32. The second kappa shape index (κ2) is 6.86. The van der Waals surface area contributed by atoms with Crippen molar-refractivity contribution in [1.29, 1.82) is 0 Å². The highest BCUT2D eigenvalue weighted by Crippen LogP contribution is 2.44. The van der Waals surface area contributed by atoms with Crippen LogP contribution in [0.4, 0.5) is 24.7 Å². The molecule has 0 bridgehead atoms. The first-order valence-electron chi connectivity index (χ1n) is 10.6. The van der Waals surface area contributed by atoms with E-state index in [1.807, 2.05) is 16.5 Å². The van der Waals surface area contributed by atoms with E-state index in [0.29, 0.717) is 50.7 Å². The van der Waals surface area contributed by atoms with Crippen molar-refractivity contribution >= 4 is 28.6 Å². The molecule has 0 unspecified atom stereocenters. The summed E-state index contributed by atoms with van der Waals surface area (Å²) in [6, 6.07) is 2.51. The number of carbonyl (C=O) groups is 1. The van der Waals surface area contributed by atoms with E-state index in [1.165, 1.54) is 11.0 Å². The highest BCUT2D eigenvalue weighted by Gasteiger charge is 2.55. The molecular weight excluding hydrogens is 439 g/mol. The molecule has 1 amide bonds. The van der Waals surface area contributed by atoms with Gasteiger partial charge in [-0.3, -0.25) is 9.78 Å². The first-order chi connectivity index (χ1) is 15.7. The molecule has 6 rings (SSSR count). The van der Waals surface area contributed by atoms with Gasteiger partial charge in [0.2, 0.25) is 5.91 Å². The van der Waals surface area contributed by atoms with E-state index < -0.39 is 17.3 Å². The Kier molecular flexibility index (Phi) is 4.23. The summed E-state index contributed by atoms with van der Waals surface area (Å²) >= 11 is 0. The van der Waals surface area contributed by atoms with Crippen molar-refractivity contribution in [3.63, 3.8) is 0 Å². The van der Waals surface area contributed by atoms with Crippen molar-refractivity contribution in [2.75, 3.05) is 42.6 Å². The molecular formula is C21H20F3N7O2. The number of rotatable bonds is 3. The number of pyridine rings is 1. The fraction of sp³-hybridized carbons (Fsp3) is 0.476. The van der Waals surface area contributed by atoms with E-state index in [2.05, 4.69) is 15.1 Å². The van der Waals surface area contributed by atoms with E-state index in [-0.39, 0.29) is 17.6 Å². The number of ether oxygens (including phenoxy) is 1. The van der Waals surface area contributed by atoms with E-state index in [9.17, 15) is 18.0 Å². The first-order valence-corrected chi connectivity index (χ1v) is 10.6. The number of nitrogens with zero attached hydrogens (tertiary/aromatic N) is 7. The molecule has 9 nitrogen and oxygen atoms in total. The van der Waals surface area contributed by atoms with Crippen molar-refractivity contribution in [1.82, 2.24) is 24.7 Å². The molecule has 0 radical (unpaired) electrons. The summed E-state index contributed by atoms with van der Waals surface area (Å²) < 4.78 is 46.2. The lowest BCUT2D eigenvalue weighted by Gasteiger charge is -2.46. The van der Waals surface area contributed by atoms with Crippen molar-refractivity contribution < 1.29 is 22.7 Å². The van der Waals surface area contributed by atoms with E-state index in [0.717, 1.165) is 23.5 Å². The molecule has 12 heteroatoms. The van der Waals surface area contributed by atoms with Crippen molar-refractivity contribution in [3.8, 4) is 0 Å². The Bertz CT molecular complexity index is 1260.